The summed E-state index contributed by atoms with van der Waals surface area (Å²) in [4.78, 5) is 22.9. The van der Waals surface area contributed by atoms with Crippen LogP contribution in [0.25, 0.3) is 17.1 Å². The molecule has 0 fully saturated rings. The number of nitro benzene ring substituents is 1. The first-order valence-corrected chi connectivity index (χ1v) is 13.8. The summed E-state index contributed by atoms with van der Waals surface area (Å²) in [6.07, 6.45) is 2.74. The average Bonchev–Trinajstić information content (AvgIpc) is 3.41. The zero-order valence-corrected chi connectivity index (χ0v) is 23.2. The average molecular weight is 562 g/mol. The van der Waals surface area contributed by atoms with Gasteiger partial charge in [0, 0.05) is 42.1 Å². The van der Waals surface area contributed by atoms with E-state index < -0.39 is 4.92 Å². The van der Waals surface area contributed by atoms with E-state index in [2.05, 4.69) is 15.5 Å². The largest absolute Gasteiger partial charge is 0.493 e. The summed E-state index contributed by atoms with van der Waals surface area (Å²) in [5.41, 5.74) is 2.72. The molecule has 3 aromatic carbocycles. The Morgan fingerprint density at radius 1 is 0.975 bits per heavy atom. The number of thioether (sulfide) groups is 1. The molecule has 0 aliphatic rings. The van der Waals surface area contributed by atoms with Gasteiger partial charge < -0.3 is 14.8 Å². The second-order valence-corrected chi connectivity index (χ2v) is 9.94. The zero-order chi connectivity index (χ0) is 28.3. The highest BCUT2D eigenvalue weighted by atomic mass is 32.2. The fourth-order valence-electron chi connectivity index (χ4n) is 4.11. The molecule has 1 N–H and O–H groups in total. The highest BCUT2D eigenvalue weighted by molar-refractivity contribution is 7.99. The third-order valence-corrected chi connectivity index (χ3v) is 7.21. The number of hydrogen-bond donors (Lipinski definition) is 1. The smallest absolute Gasteiger partial charge is 0.269 e. The van der Waals surface area contributed by atoms with Gasteiger partial charge in [-0.1, -0.05) is 36.0 Å². The Bertz CT molecular complexity index is 1430. The third-order valence-electron chi connectivity index (χ3n) is 6.20. The number of aromatic nitrogens is 3. The molecule has 0 unspecified atom stereocenters. The lowest BCUT2D eigenvalue weighted by atomic mass is 10.1. The molecule has 4 rings (SSSR count). The number of rotatable bonds is 14. The van der Waals surface area contributed by atoms with Crippen molar-refractivity contribution in [1.29, 1.82) is 0 Å². The van der Waals surface area contributed by atoms with Crippen LogP contribution in [-0.2, 0) is 11.2 Å². The van der Waals surface area contributed by atoms with Crippen LogP contribution in [0.1, 0.15) is 24.8 Å². The Kier molecular flexibility index (Phi) is 10.1. The number of nitro groups is 1. The van der Waals surface area contributed by atoms with E-state index in [0.29, 0.717) is 36.7 Å². The van der Waals surface area contributed by atoms with Gasteiger partial charge >= 0.3 is 0 Å². The number of methoxy groups -OCH3 is 2. The van der Waals surface area contributed by atoms with Crippen LogP contribution in [0.5, 0.6) is 11.5 Å². The van der Waals surface area contributed by atoms with Crippen LogP contribution >= 0.6 is 11.8 Å². The molecule has 1 heterocycles. The van der Waals surface area contributed by atoms with E-state index in [1.165, 1.54) is 12.1 Å². The third kappa shape index (κ3) is 7.38. The predicted octanol–water partition coefficient (Wildman–Crippen LogP) is 5.48. The van der Waals surface area contributed by atoms with Gasteiger partial charge in [0.1, 0.15) is 0 Å². The van der Waals surface area contributed by atoms with Crippen LogP contribution in [0.15, 0.2) is 78.0 Å². The summed E-state index contributed by atoms with van der Waals surface area (Å²) in [5.74, 6) is 2.75. The highest BCUT2D eigenvalue weighted by Crippen LogP contribution is 2.30. The van der Waals surface area contributed by atoms with Gasteiger partial charge in [-0.15, -0.1) is 10.2 Å². The molecular weight excluding hydrogens is 530 g/mol. The van der Waals surface area contributed by atoms with Crippen molar-refractivity contribution < 1.29 is 19.2 Å². The molecule has 0 aliphatic heterocycles. The monoisotopic (exact) mass is 561 g/mol. The maximum Gasteiger partial charge on any atom is 0.269 e. The van der Waals surface area contributed by atoms with E-state index >= 15 is 0 Å². The van der Waals surface area contributed by atoms with Crippen LogP contribution in [0, 0.1) is 10.1 Å². The van der Waals surface area contributed by atoms with Crippen molar-refractivity contribution in [2.24, 2.45) is 0 Å². The van der Waals surface area contributed by atoms with Gasteiger partial charge in [0.15, 0.2) is 22.5 Å². The number of carbonyl (C=O) groups is 1. The van der Waals surface area contributed by atoms with E-state index in [1.807, 2.05) is 53.1 Å². The maximum absolute atomic E-state index is 12.3. The second kappa shape index (κ2) is 14.1. The number of nitrogens with one attached hydrogen (secondary N) is 1. The first-order chi connectivity index (χ1) is 19.5. The highest BCUT2D eigenvalue weighted by Gasteiger charge is 2.17. The molecule has 0 bridgehead atoms. The molecule has 0 saturated carbocycles. The van der Waals surface area contributed by atoms with Crippen molar-refractivity contribution in [2.45, 2.75) is 30.8 Å². The minimum Gasteiger partial charge on any atom is -0.493 e. The Balaban J connectivity index is 1.28. The number of ether oxygens (including phenoxy) is 2. The van der Waals surface area contributed by atoms with Crippen molar-refractivity contribution in [3.63, 3.8) is 0 Å². The molecule has 0 aliphatic carbocycles. The van der Waals surface area contributed by atoms with Gasteiger partial charge in [-0.25, -0.2) is 0 Å². The first-order valence-electron chi connectivity index (χ1n) is 12.9. The molecule has 10 nitrogen and oxygen atoms in total. The van der Waals surface area contributed by atoms with Crippen molar-refractivity contribution in [1.82, 2.24) is 20.1 Å². The standard InChI is InChI=1S/C29H31N5O5S/c1-38-25-16-11-21(20-26(25)39-2)17-18-30-27(35)10-6-7-19-40-29-32-31-28(33(29)23-8-4-3-5-9-23)22-12-14-24(15-13-22)34(36)37/h3-5,8-9,11-16,20H,6-7,10,17-19H2,1-2H3,(H,30,35). The number of unbranched alkanes of at least 4 members (excludes halogenated alkanes) is 1. The number of non-ortho nitro benzene ring substituents is 1. The Morgan fingerprint density at radius 2 is 1.73 bits per heavy atom. The SMILES string of the molecule is COc1ccc(CCNC(=O)CCCCSc2nnc(-c3ccc([N+](=O)[O-])cc3)n2-c2ccccc2)cc1OC. The van der Waals surface area contributed by atoms with Crippen LogP contribution in [0.4, 0.5) is 5.69 Å². The van der Waals surface area contributed by atoms with Gasteiger partial charge in [0.25, 0.3) is 5.69 Å². The molecule has 1 aromatic heterocycles. The number of benzene rings is 3. The Labute approximate surface area is 236 Å². The molecule has 40 heavy (non-hydrogen) atoms. The summed E-state index contributed by atoms with van der Waals surface area (Å²) < 4.78 is 12.5. The van der Waals surface area contributed by atoms with Crippen molar-refractivity contribution in [3.8, 4) is 28.6 Å². The second-order valence-electron chi connectivity index (χ2n) is 8.88. The summed E-state index contributed by atoms with van der Waals surface area (Å²) in [5, 5.41) is 23.5. The van der Waals surface area contributed by atoms with E-state index in [0.717, 1.165) is 40.6 Å². The number of carbonyl (C=O) groups excluding carboxylic acids is 1. The van der Waals surface area contributed by atoms with Gasteiger partial charge in [-0.3, -0.25) is 19.5 Å². The van der Waals surface area contributed by atoms with Gasteiger partial charge in [0.05, 0.1) is 19.1 Å². The molecule has 0 saturated heterocycles. The number of hydrogen-bond acceptors (Lipinski definition) is 8. The van der Waals surface area contributed by atoms with Crippen molar-refractivity contribution in [3.05, 3.63) is 88.5 Å². The molecule has 0 radical (unpaired) electrons. The normalized spacial score (nSPS) is 10.8. The van der Waals surface area contributed by atoms with E-state index in [4.69, 9.17) is 9.47 Å². The molecule has 208 valence electrons. The maximum atomic E-state index is 12.3. The zero-order valence-electron chi connectivity index (χ0n) is 22.4. The predicted molar refractivity (Wildman–Crippen MR) is 154 cm³/mol. The van der Waals surface area contributed by atoms with Crippen LogP contribution in [0.2, 0.25) is 0 Å². The van der Waals surface area contributed by atoms with Crippen LogP contribution in [-0.4, -0.2) is 52.1 Å². The summed E-state index contributed by atoms with van der Waals surface area (Å²) >= 11 is 1.57. The lowest BCUT2D eigenvalue weighted by Gasteiger charge is -2.11. The summed E-state index contributed by atoms with van der Waals surface area (Å²) in [7, 11) is 3.20. The number of nitrogens with zero attached hydrogens (tertiary/aromatic N) is 4. The fourth-order valence-corrected chi connectivity index (χ4v) is 5.06. The molecule has 1 amide bonds. The van der Waals surface area contributed by atoms with Crippen LogP contribution < -0.4 is 14.8 Å². The van der Waals surface area contributed by atoms with Gasteiger partial charge in [-0.05, 0) is 61.2 Å². The molecule has 0 spiro atoms. The van der Waals surface area contributed by atoms with Gasteiger partial charge in [-0.2, -0.15) is 0 Å². The van der Waals surface area contributed by atoms with E-state index in [1.54, 1.807) is 38.1 Å². The number of para-hydroxylation sites is 1. The quantitative estimate of drug-likeness (QED) is 0.0930. The first kappa shape index (κ1) is 28.6. The fraction of sp³-hybridized carbons (Fsp3) is 0.276. The molecule has 0 atom stereocenters. The summed E-state index contributed by atoms with van der Waals surface area (Å²) in [6.45, 7) is 0.550. The lowest BCUT2D eigenvalue weighted by molar-refractivity contribution is -0.384. The lowest BCUT2D eigenvalue weighted by Crippen LogP contribution is -2.25. The minimum absolute atomic E-state index is 0.0223. The molecule has 11 heteroatoms. The molecular formula is C29H31N5O5S. The van der Waals surface area contributed by atoms with E-state index in [-0.39, 0.29) is 11.6 Å². The van der Waals surface area contributed by atoms with Crippen molar-refractivity contribution >= 4 is 23.4 Å². The van der Waals surface area contributed by atoms with Gasteiger partial charge in [0.2, 0.25) is 5.91 Å². The topological polar surface area (TPSA) is 121 Å². The van der Waals surface area contributed by atoms with Crippen LogP contribution in [0.3, 0.4) is 0 Å². The Morgan fingerprint density at radius 3 is 2.42 bits per heavy atom. The minimum atomic E-state index is -0.425. The van der Waals surface area contributed by atoms with Crippen molar-refractivity contribution in [2.75, 3.05) is 26.5 Å². The summed E-state index contributed by atoms with van der Waals surface area (Å²) in [6, 6.07) is 21.8. The Hall–Kier alpha value is -4.38. The number of amides is 1. The molecule has 4 aromatic rings. The van der Waals surface area contributed by atoms with E-state index in [9.17, 15) is 14.9 Å².